The number of hydrogen-bond acceptors (Lipinski definition) is 4. The smallest absolute Gasteiger partial charge is 0.215 e. The molecule has 0 unspecified atom stereocenters. The van der Waals surface area contributed by atoms with Gasteiger partial charge in [0.15, 0.2) is 5.96 Å². The Morgan fingerprint density at radius 1 is 1.22 bits per heavy atom. The van der Waals surface area contributed by atoms with Gasteiger partial charge < -0.3 is 10.6 Å². The standard InChI is InChI=1S/C17H26N6O2S.HI/c1-4-19-17(21-12-16-8-9-22-23(16)3)20-11-14-6-5-7-15(10-14)13-26(24,25)18-2;/h5-10,18H,4,11-13H2,1-3H3,(H2,19,20,21);1H. The van der Waals surface area contributed by atoms with Crippen LogP contribution >= 0.6 is 24.0 Å². The van der Waals surface area contributed by atoms with Gasteiger partial charge in [0.05, 0.1) is 24.5 Å². The molecule has 0 amide bonds. The zero-order chi connectivity index (χ0) is 19.0. The predicted octanol–water partition coefficient (Wildman–Crippen LogP) is 1.34. The molecule has 150 valence electrons. The molecular weight excluding hydrogens is 479 g/mol. The van der Waals surface area contributed by atoms with Crippen LogP contribution in [0.1, 0.15) is 23.7 Å². The zero-order valence-electron chi connectivity index (χ0n) is 15.8. The average Bonchev–Trinajstić information content (AvgIpc) is 3.02. The lowest BCUT2D eigenvalue weighted by molar-refractivity contribution is 0.587. The minimum Gasteiger partial charge on any atom is -0.357 e. The fourth-order valence-corrected chi connectivity index (χ4v) is 3.13. The second kappa shape index (κ2) is 11.2. The van der Waals surface area contributed by atoms with Crippen molar-refractivity contribution in [3.8, 4) is 0 Å². The highest BCUT2D eigenvalue weighted by Crippen LogP contribution is 2.09. The highest BCUT2D eigenvalue weighted by molar-refractivity contribution is 14.0. The minimum atomic E-state index is -3.29. The van der Waals surface area contributed by atoms with Crippen LogP contribution < -0.4 is 15.4 Å². The van der Waals surface area contributed by atoms with Crippen LogP contribution in [0.25, 0.3) is 0 Å². The summed E-state index contributed by atoms with van der Waals surface area (Å²) in [5, 5.41) is 10.6. The van der Waals surface area contributed by atoms with Gasteiger partial charge in [-0.15, -0.1) is 24.0 Å². The molecule has 0 radical (unpaired) electrons. The summed E-state index contributed by atoms with van der Waals surface area (Å²) >= 11 is 0. The zero-order valence-corrected chi connectivity index (χ0v) is 18.9. The van der Waals surface area contributed by atoms with Crippen molar-refractivity contribution in [2.24, 2.45) is 12.0 Å². The van der Waals surface area contributed by atoms with Crippen molar-refractivity contribution in [1.82, 2.24) is 25.1 Å². The molecule has 2 aromatic rings. The van der Waals surface area contributed by atoms with Crippen molar-refractivity contribution in [1.29, 1.82) is 0 Å². The number of aryl methyl sites for hydroxylation is 1. The van der Waals surface area contributed by atoms with Crippen LogP contribution in [0.4, 0.5) is 0 Å². The maximum absolute atomic E-state index is 11.7. The SMILES string of the molecule is CCNC(=NCc1cccc(CS(=O)(=O)NC)c1)NCc1ccnn1C.I. The maximum atomic E-state index is 11.7. The average molecular weight is 506 g/mol. The number of nitrogens with one attached hydrogen (secondary N) is 3. The van der Waals surface area contributed by atoms with E-state index in [0.29, 0.717) is 19.0 Å². The predicted molar refractivity (Wildman–Crippen MR) is 118 cm³/mol. The number of nitrogens with zero attached hydrogens (tertiary/aromatic N) is 3. The van der Waals surface area contributed by atoms with E-state index in [1.54, 1.807) is 12.3 Å². The molecule has 8 nitrogen and oxygen atoms in total. The van der Waals surface area contributed by atoms with Crippen LogP contribution in [0.3, 0.4) is 0 Å². The van der Waals surface area contributed by atoms with Crippen LogP contribution in [0.2, 0.25) is 0 Å². The summed E-state index contributed by atoms with van der Waals surface area (Å²) in [4.78, 5) is 4.57. The molecular formula is C17H27IN6O2S. The van der Waals surface area contributed by atoms with E-state index in [1.807, 2.05) is 42.9 Å². The molecule has 0 aliphatic heterocycles. The summed E-state index contributed by atoms with van der Waals surface area (Å²) in [7, 11) is 0.0256. The van der Waals surface area contributed by atoms with E-state index >= 15 is 0 Å². The molecule has 0 saturated heterocycles. The van der Waals surface area contributed by atoms with Crippen molar-refractivity contribution in [3.63, 3.8) is 0 Å². The summed E-state index contributed by atoms with van der Waals surface area (Å²) < 4.78 is 27.5. The molecule has 0 atom stereocenters. The number of hydrogen-bond donors (Lipinski definition) is 3. The summed E-state index contributed by atoms with van der Waals surface area (Å²) in [6.45, 7) is 3.82. The molecule has 0 saturated carbocycles. The van der Waals surface area contributed by atoms with Gasteiger partial charge in [-0.2, -0.15) is 5.10 Å². The lowest BCUT2D eigenvalue weighted by Crippen LogP contribution is -2.37. The molecule has 0 aliphatic carbocycles. The van der Waals surface area contributed by atoms with E-state index in [1.165, 1.54) is 7.05 Å². The first kappa shape index (κ1) is 23.4. The normalized spacial score (nSPS) is 11.7. The molecule has 27 heavy (non-hydrogen) atoms. The number of halogens is 1. The summed E-state index contributed by atoms with van der Waals surface area (Å²) in [5.74, 6) is 0.654. The Labute approximate surface area is 177 Å². The second-order valence-electron chi connectivity index (χ2n) is 5.78. The molecule has 3 N–H and O–H groups in total. The van der Waals surface area contributed by atoms with Crippen molar-refractivity contribution >= 4 is 40.0 Å². The van der Waals surface area contributed by atoms with Crippen LogP contribution in [0.5, 0.6) is 0 Å². The molecule has 0 bridgehead atoms. The van der Waals surface area contributed by atoms with E-state index in [4.69, 9.17) is 0 Å². The van der Waals surface area contributed by atoms with Gasteiger partial charge >= 0.3 is 0 Å². The van der Waals surface area contributed by atoms with E-state index in [9.17, 15) is 8.42 Å². The number of aromatic nitrogens is 2. The molecule has 1 aromatic carbocycles. The largest absolute Gasteiger partial charge is 0.357 e. The van der Waals surface area contributed by atoms with E-state index in [-0.39, 0.29) is 29.7 Å². The lowest BCUT2D eigenvalue weighted by Gasteiger charge is -2.11. The first-order valence-electron chi connectivity index (χ1n) is 8.41. The number of sulfonamides is 1. The van der Waals surface area contributed by atoms with Crippen LogP contribution in [-0.4, -0.2) is 37.8 Å². The Morgan fingerprint density at radius 2 is 1.96 bits per heavy atom. The molecule has 0 spiro atoms. The first-order chi connectivity index (χ1) is 12.4. The second-order valence-corrected chi connectivity index (χ2v) is 7.70. The Balaban J connectivity index is 0.00000364. The van der Waals surface area contributed by atoms with E-state index in [0.717, 1.165) is 23.4 Å². The third-order valence-corrected chi connectivity index (χ3v) is 5.12. The first-order valence-corrected chi connectivity index (χ1v) is 10.1. The fourth-order valence-electron chi connectivity index (χ4n) is 2.37. The molecule has 0 fully saturated rings. The minimum absolute atomic E-state index is 0. The fraction of sp³-hybridized carbons (Fsp3) is 0.412. The van der Waals surface area contributed by atoms with Crippen molar-refractivity contribution in [2.45, 2.75) is 25.8 Å². The third kappa shape index (κ3) is 7.85. The topological polar surface area (TPSA) is 100 Å². The molecule has 2 rings (SSSR count). The van der Waals surface area contributed by atoms with Gasteiger partial charge in [-0.25, -0.2) is 18.1 Å². The highest BCUT2D eigenvalue weighted by atomic mass is 127. The van der Waals surface area contributed by atoms with Gasteiger partial charge in [0.25, 0.3) is 0 Å². The van der Waals surface area contributed by atoms with Gasteiger partial charge in [-0.05, 0) is 31.2 Å². The van der Waals surface area contributed by atoms with Gasteiger partial charge in [0, 0.05) is 19.8 Å². The van der Waals surface area contributed by atoms with Crippen molar-refractivity contribution in [2.75, 3.05) is 13.6 Å². The molecule has 1 aromatic heterocycles. The monoisotopic (exact) mass is 506 g/mol. The quantitative estimate of drug-likeness (QED) is 0.285. The number of aliphatic imine (C=N–C) groups is 1. The molecule has 10 heteroatoms. The molecule has 0 aliphatic rings. The third-order valence-electron chi connectivity index (χ3n) is 3.78. The van der Waals surface area contributed by atoms with E-state index < -0.39 is 10.0 Å². The number of guanidine groups is 1. The Bertz CT molecular complexity index is 851. The van der Waals surface area contributed by atoms with Gasteiger partial charge in [-0.3, -0.25) is 4.68 Å². The lowest BCUT2D eigenvalue weighted by atomic mass is 10.1. The Hall–Kier alpha value is -1.66. The van der Waals surface area contributed by atoms with Crippen molar-refractivity contribution < 1.29 is 8.42 Å². The highest BCUT2D eigenvalue weighted by Gasteiger charge is 2.09. The summed E-state index contributed by atoms with van der Waals surface area (Å²) in [5.41, 5.74) is 2.74. The molecule has 1 heterocycles. The van der Waals surface area contributed by atoms with E-state index in [2.05, 4.69) is 25.4 Å². The number of benzene rings is 1. The summed E-state index contributed by atoms with van der Waals surface area (Å²) in [6, 6.07) is 9.39. The number of rotatable bonds is 8. The summed E-state index contributed by atoms with van der Waals surface area (Å²) in [6.07, 6.45) is 1.76. The Morgan fingerprint density at radius 3 is 2.59 bits per heavy atom. The van der Waals surface area contributed by atoms with Crippen LogP contribution in [-0.2, 0) is 35.9 Å². The van der Waals surface area contributed by atoms with Crippen LogP contribution in [0, 0.1) is 0 Å². The van der Waals surface area contributed by atoms with Gasteiger partial charge in [0.1, 0.15) is 0 Å². The van der Waals surface area contributed by atoms with Gasteiger partial charge in [-0.1, -0.05) is 24.3 Å². The van der Waals surface area contributed by atoms with Crippen LogP contribution in [0.15, 0.2) is 41.5 Å². The van der Waals surface area contributed by atoms with Crippen molar-refractivity contribution in [3.05, 3.63) is 53.3 Å². The maximum Gasteiger partial charge on any atom is 0.215 e. The van der Waals surface area contributed by atoms with Gasteiger partial charge in [0.2, 0.25) is 10.0 Å². The Kier molecular flexibility index (Phi) is 9.74.